The first kappa shape index (κ1) is 34.0. The molecule has 44 heavy (non-hydrogen) atoms. The van der Waals surface area contributed by atoms with Crippen LogP contribution in [0, 0.1) is 6.92 Å². The zero-order chi connectivity index (χ0) is 32.1. The highest BCUT2D eigenvalue weighted by atomic mass is 16.8. The summed E-state index contributed by atoms with van der Waals surface area (Å²) in [5, 5.41) is 51.9. The second kappa shape index (κ2) is 14.0. The van der Waals surface area contributed by atoms with Crippen molar-refractivity contribution in [2.45, 2.75) is 88.2 Å². The zero-order valence-electron chi connectivity index (χ0n) is 26.1. The molecule has 0 saturated carbocycles. The molecule has 0 radical (unpaired) electrons. The van der Waals surface area contributed by atoms with Gasteiger partial charge in [0.25, 0.3) is 0 Å². The van der Waals surface area contributed by atoms with Gasteiger partial charge >= 0.3 is 0 Å². The molecule has 2 aliphatic heterocycles. The van der Waals surface area contributed by atoms with Gasteiger partial charge in [-0.25, -0.2) is 0 Å². The third kappa shape index (κ3) is 7.15. The largest absolute Gasteiger partial charge is 0.387 e. The molecule has 4 rings (SSSR count). The fourth-order valence-corrected chi connectivity index (χ4v) is 5.88. The highest BCUT2D eigenvalue weighted by molar-refractivity contribution is 5.78. The Balaban J connectivity index is 1.33. The normalized spacial score (nSPS) is 26.4. The lowest BCUT2D eigenvalue weighted by Crippen LogP contribution is -2.70. The van der Waals surface area contributed by atoms with Crippen molar-refractivity contribution in [1.82, 2.24) is 16.0 Å². The molecule has 2 aromatic carbocycles. The summed E-state index contributed by atoms with van der Waals surface area (Å²) in [6, 6.07) is 13.7. The van der Waals surface area contributed by atoms with E-state index in [1.54, 1.807) is 6.07 Å². The molecule has 2 aliphatic rings. The zero-order valence-corrected chi connectivity index (χ0v) is 26.1. The number of likely N-dealkylation sites (N-methyl/N-ethyl adjacent to an activating group) is 1. The lowest BCUT2D eigenvalue weighted by atomic mass is 9.75. The predicted molar refractivity (Wildman–Crippen MR) is 164 cm³/mol. The monoisotopic (exact) mass is 613 g/mol. The molecule has 242 valence electrons. The number of hydrogen-bond donors (Lipinski definition) is 7. The van der Waals surface area contributed by atoms with Crippen molar-refractivity contribution in [2.24, 2.45) is 0 Å². The molecule has 5 atom stereocenters. The molecule has 2 saturated heterocycles. The summed E-state index contributed by atoms with van der Waals surface area (Å²) < 4.78 is 12.2. The van der Waals surface area contributed by atoms with E-state index in [4.69, 9.17) is 9.47 Å². The van der Waals surface area contributed by atoms with Gasteiger partial charge in [-0.1, -0.05) is 36.4 Å². The van der Waals surface area contributed by atoms with E-state index in [2.05, 4.69) is 16.0 Å². The summed E-state index contributed by atoms with van der Waals surface area (Å²) in [5.41, 5.74) is 1.49. The third-order valence-corrected chi connectivity index (χ3v) is 8.79. The quantitative estimate of drug-likeness (QED) is 0.151. The van der Waals surface area contributed by atoms with Gasteiger partial charge in [-0.2, -0.15) is 0 Å². The SMILES string of the molecule is CNCCNC(=O)CCNC(=O)CCCc1ccc(Cc2cc([C@]34OC[C@](C(C)(C)O)(O3)[C@@H](O)[C@H](O)[C@H]4O)ccc2C)cc1. The smallest absolute Gasteiger partial charge is 0.225 e. The fourth-order valence-electron chi connectivity index (χ4n) is 5.88. The second-order valence-corrected chi connectivity index (χ2v) is 12.4. The molecule has 2 amide bonds. The molecule has 0 aliphatic carbocycles. The van der Waals surface area contributed by atoms with E-state index in [9.17, 15) is 30.0 Å². The van der Waals surface area contributed by atoms with Crippen LogP contribution in [-0.2, 0) is 37.7 Å². The van der Waals surface area contributed by atoms with Crippen LogP contribution >= 0.6 is 0 Å². The summed E-state index contributed by atoms with van der Waals surface area (Å²) in [5.74, 6) is -1.89. The third-order valence-electron chi connectivity index (χ3n) is 8.79. The van der Waals surface area contributed by atoms with Crippen molar-refractivity contribution in [3.05, 3.63) is 70.3 Å². The maximum absolute atomic E-state index is 12.1. The number of aliphatic hydroxyl groups excluding tert-OH is 3. The van der Waals surface area contributed by atoms with Gasteiger partial charge in [-0.05, 0) is 75.4 Å². The summed E-state index contributed by atoms with van der Waals surface area (Å²) in [4.78, 5) is 23.9. The Hall–Kier alpha value is -2.90. The molecule has 2 fully saturated rings. The Morgan fingerprint density at radius 1 is 0.932 bits per heavy atom. The molecule has 11 heteroatoms. The Kier molecular flexibility index (Phi) is 10.8. The second-order valence-electron chi connectivity index (χ2n) is 12.4. The average molecular weight is 614 g/mol. The van der Waals surface area contributed by atoms with Crippen molar-refractivity contribution in [2.75, 3.05) is 33.3 Å². The van der Waals surface area contributed by atoms with Crippen molar-refractivity contribution in [1.29, 1.82) is 0 Å². The minimum absolute atomic E-state index is 0.0698. The van der Waals surface area contributed by atoms with Crippen LogP contribution in [0.2, 0.25) is 0 Å². The van der Waals surface area contributed by atoms with Crippen molar-refractivity contribution in [3.63, 3.8) is 0 Å². The summed E-state index contributed by atoms with van der Waals surface area (Å²) in [6.45, 7) is 6.33. The molecule has 0 unspecified atom stereocenters. The van der Waals surface area contributed by atoms with Crippen LogP contribution in [0.15, 0.2) is 42.5 Å². The van der Waals surface area contributed by atoms with Gasteiger partial charge in [-0.3, -0.25) is 9.59 Å². The molecular weight excluding hydrogens is 566 g/mol. The highest BCUT2D eigenvalue weighted by Gasteiger charge is 2.71. The van der Waals surface area contributed by atoms with Crippen LogP contribution in [0.4, 0.5) is 0 Å². The number of aryl methyl sites for hydroxylation is 2. The molecule has 2 heterocycles. The number of ether oxygens (including phenoxy) is 2. The maximum atomic E-state index is 12.1. The number of amides is 2. The van der Waals surface area contributed by atoms with Crippen LogP contribution in [0.1, 0.15) is 60.9 Å². The number of nitrogens with one attached hydrogen (secondary N) is 3. The fraction of sp³-hybridized carbons (Fsp3) is 0.576. The van der Waals surface area contributed by atoms with Gasteiger partial charge in [0.15, 0.2) is 5.60 Å². The van der Waals surface area contributed by atoms with Crippen molar-refractivity contribution in [3.8, 4) is 0 Å². The first-order valence-electron chi connectivity index (χ1n) is 15.3. The van der Waals surface area contributed by atoms with Crippen LogP contribution in [0.3, 0.4) is 0 Å². The van der Waals surface area contributed by atoms with E-state index >= 15 is 0 Å². The van der Waals surface area contributed by atoms with E-state index in [0.29, 0.717) is 44.5 Å². The number of aliphatic hydroxyl groups is 4. The van der Waals surface area contributed by atoms with E-state index in [0.717, 1.165) is 28.7 Å². The Morgan fingerprint density at radius 2 is 1.59 bits per heavy atom. The summed E-state index contributed by atoms with van der Waals surface area (Å²) in [7, 11) is 1.82. The van der Waals surface area contributed by atoms with Crippen molar-refractivity contribution < 1.29 is 39.5 Å². The Morgan fingerprint density at radius 3 is 2.27 bits per heavy atom. The van der Waals surface area contributed by atoms with Gasteiger partial charge in [0.1, 0.15) is 18.3 Å². The predicted octanol–water partition coefficient (Wildman–Crippen LogP) is 0.556. The summed E-state index contributed by atoms with van der Waals surface area (Å²) in [6.07, 6.45) is -2.02. The van der Waals surface area contributed by atoms with E-state index in [1.807, 2.05) is 50.4 Å². The van der Waals surface area contributed by atoms with Crippen LogP contribution < -0.4 is 16.0 Å². The first-order chi connectivity index (χ1) is 20.8. The van der Waals surface area contributed by atoms with Gasteiger partial charge in [-0.15, -0.1) is 0 Å². The number of hydrogen-bond acceptors (Lipinski definition) is 9. The van der Waals surface area contributed by atoms with E-state index < -0.39 is 35.3 Å². The lowest BCUT2D eigenvalue weighted by Gasteiger charge is -2.50. The first-order valence-corrected chi connectivity index (χ1v) is 15.3. The van der Waals surface area contributed by atoms with Crippen LogP contribution in [0.25, 0.3) is 0 Å². The number of benzene rings is 2. The lowest BCUT2D eigenvalue weighted by molar-refractivity contribution is -0.348. The minimum atomic E-state index is -1.74. The molecule has 0 aromatic heterocycles. The van der Waals surface area contributed by atoms with Crippen LogP contribution in [-0.4, -0.2) is 95.0 Å². The van der Waals surface area contributed by atoms with Gasteiger partial charge in [0.05, 0.1) is 12.2 Å². The summed E-state index contributed by atoms with van der Waals surface area (Å²) >= 11 is 0. The minimum Gasteiger partial charge on any atom is -0.387 e. The average Bonchev–Trinajstić information content (AvgIpc) is 3.38. The Labute approximate surface area is 259 Å². The highest BCUT2D eigenvalue weighted by Crippen LogP contribution is 2.53. The number of carbonyl (C=O) groups excluding carboxylic acids is 2. The number of fused-ring (bicyclic) bond motifs is 2. The molecule has 11 nitrogen and oxygen atoms in total. The molecular formula is C33H47N3O8. The standard InChI is InChI=1S/C33H47N3O8/c1-21-8-13-25(33-30(41)28(39)29(40)32(44-33,20-43-33)31(2,3)42)19-24(21)18-23-11-9-22(10-12-23)6-5-7-26(37)35-15-14-27(38)36-17-16-34-4/h8-13,19,28-30,34,39-42H,5-7,14-18,20H2,1-4H3,(H,35,37)(H,36,38)/t28-,29-,30+,32-,33-/m0/s1. The van der Waals surface area contributed by atoms with Crippen LogP contribution in [0.5, 0.6) is 0 Å². The topological polar surface area (TPSA) is 170 Å². The van der Waals surface area contributed by atoms with Gasteiger partial charge < -0.3 is 45.9 Å². The Bertz CT molecular complexity index is 1300. The molecule has 7 N–H and O–H groups in total. The maximum Gasteiger partial charge on any atom is 0.225 e. The van der Waals surface area contributed by atoms with Crippen molar-refractivity contribution >= 4 is 11.8 Å². The van der Waals surface area contributed by atoms with E-state index in [1.165, 1.54) is 13.8 Å². The molecule has 2 bridgehead atoms. The van der Waals surface area contributed by atoms with Gasteiger partial charge in [0.2, 0.25) is 17.6 Å². The van der Waals surface area contributed by atoms with E-state index in [-0.39, 0.29) is 24.8 Å². The molecule has 0 spiro atoms. The molecule has 2 aromatic rings. The number of carbonyl (C=O) groups is 2. The van der Waals surface area contributed by atoms with Gasteiger partial charge in [0, 0.05) is 38.0 Å². The number of rotatable bonds is 14.